The summed E-state index contributed by atoms with van der Waals surface area (Å²) in [5, 5.41) is 16.2. The lowest BCUT2D eigenvalue weighted by molar-refractivity contribution is -0.384. The van der Waals surface area contributed by atoms with Crippen LogP contribution in [0.25, 0.3) is 0 Å². The third kappa shape index (κ3) is 3.31. The molecule has 1 aromatic carbocycles. The van der Waals surface area contributed by atoms with E-state index in [9.17, 15) is 14.9 Å². The van der Waals surface area contributed by atoms with E-state index in [2.05, 4.69) is 17.2 Å². The van der Waals surface area contributed by atoms with Crippen molar-refractivity contribution in [2.24, 2.45) is 0 Å². The number of carbonyl (C=O) groups is 1. The molecular weight excluding hydrogens is 234 g/mol. The summed E-state index contributed by atoms with van der Waals surface area (Å²) in [6.07, 6.45) is 2.39. The van der Waals surface area contributed by atoms with Crippen LogP contribution in [0.1, 0.15) is 16.8 Å². The number of benzene rings is 1. The van der Waals surface area contributed by atoms with Gasteiger partial charge in [-0.1, -0.05) is 6.08 Å². The van der Waals surface area contributed by atoms with Gasteiger partial charge in [0.05, 0.1) is 4.92 Å². The molecule has 6 heteroatoms. The van der Waals surface area contributed by atoms with Crippen LogP contribution in [0.15, 0.2) is 30.9 Å². The fourth-order valence-electron chi connectivity index (χ4n) is 1.43. The first-order valence-corrected chi connectivity index (χ1v) is 5.45. The Balaban J connectivity index is 3.03. The number of hydrogen-bond acceptors (Lipinski definition) is 4. The number of nitrogens with zero attached hydrogens (tertiary/aromatic N) is 1. The van der Waals surface area contributed by atoms with Gasteiger partial charge < -0.3 is 10.6 Å². The molecule has 0 saturated heterocycles. The summed E-state index contributed by atoms with van der Waals surface area (Å²) >= 11 is 0. The van der Waals surface area contributed by atoms with Gasteiger partial charge in [0.1, 0.15) is 5.69 Å². The Kier molecular flexibility index (Phi) is 4.86. The molecule has 0 aliphatic carbocycles. The molecule has 0 atom stereocenters. The lowest BCUT2D eigenvalue weighted by Crippen LogP contribution is -2.18. The number of carbonyl (C=O) groups excluding carboxylic acids is 1. The van der Waals surface area contributed by atoms with Gasteiger partial charge in [-0.15, -0.1) is 6.58 Å². The second-order valence-electron chi connectivity index (χ2n) is 3.57. The first-order valence-electron chi connectivity index (χ1n) is 5.45. The SMILES string of the molecule is C=CCCNc1cc(C(=O)NC)ccc1[N+](=O)[O-]. The maximum absolute atomic E-state index is 11.5. The summed E-state index contributed by atoms with van der Waals surface area (Å²) in [4.78, 5) is 21.8. The molecule has 0 aromatic heterocycles. The standard InChI is InChI=1S/C12H15N3O3/c1-3-4-7-14-10-8-9(12(16)13-2)5-6-11(10)15(17)18/h3,5-6,8,14H,1,4,7H2,2H3,(H,13,16). The molecule has 0 spiro atoms. The maximum Gasteiger partial charge on any atom is 0.292 e. The van der Waals surface area contributed by atoms with Crippen molar-refractivity contribution < 1.29 is 9.72 Å². The van der Waals surface area contributed by atoms with E-state index >= 15 is 0 Å². The van der Waals surface area contributed by atoms with Gasteiger partial charge >= 0.3 is 0 Å². The van der Waals surface area contributed by atoms with E-state index in [0.717, 1.165) is 0 Å². The normalized spacial score (nSPS) is 9.61. The molecule has 0 aliphatic heterocycles. The van der Waals surface area contributed by atoms with Crippen molar-refractivity contribution in [1.29, 1.82) is 0 Å². The third-order valence-corrected chi connectivity index (χ3v) is 2.35. The number of nitrogens with one attached hydrogen (secondary N) is 2. The first-order chi connectivity index (χ1) is 8.60. The number of rotatable bonds is 6. The second kappa shape index (κ2) is 6.39. The number of anilines is 1. The van der Waals surface area contributed by atoms with Gasteiger partial charge in [-0.2, -0.15) is 0 Å². The minimum atomic E-state index is -0.482. The summed E-state index contributed by atoms with van der Waals surface area (Å²) in [7, 11) is 1.51. The molecule has 2 N–H and O–H groups in total. The predicted octanol–water partition coefficient (Wildman–Crippen LogP) is 1.94. The minimum absolute atomic E-state index is 0.0493. The van der Waals surface area contributed by atoms with Crippen molar-refractivity contribution in [2.75, 3.05) is 18.9 Å². The van der Waals surface area contributed by atoms with Crippen LogP contribution in [-0.4, -0.2) is 24.4 Å². The quantitative estimate of drug-likeness (QED) is 0.349. The molecule has 1 aromatic rings. The molecule has 96 valence electrons. The molecule has 6 nitrogen and oxygen atoms in total. The first kappa shape index (κ1) is 13.7. The zero-order valence-electron chi connectivity index (χ0n) is 10.1. The van der Waals surface area contributed by atoms with Crippen LogP contribution in [-0.2, 0) is 0 Å². The molecule has 0 radical (unpaired) electrons. The van der Waals surface area contributed by atoms with Gasteiger partial charge in [0, 0.05) is 25.2 Å². The molecular formula is C12H15N3O3. The van der Waals surface area contributed by atoms with Gasteiger partial charge in [0.2, 0.25) is 0 Å². The Morgan fingerprint density at radius 2 is 2.28 bits per heavy atom. The summed E-state index contributed by atoms with van der Waals surface area (Å²) in [5.74, 6) is -0.281. The fourth-order valence-corrected chi connectivity index (χ4v) is 1.43. The summed E-state index contributed by atoms with van der Waals surface area (Å²) in [6, 6.07) is 4.22. The van der Waals surface area contributed by atoms with Crippen LogP contribution < -0.4 is 10.6 Å². The average molecular weight is 249 g/mol. The molecule has 0 unspecified atom stereocenters. The van der Waals surface area contributed by atoms with Crippen molar-refractivity contribution in [3.05, 3.63) is 46.5 Å². The number of nitro benzene ring substituents is 1. The van der Waals surface area contributed by atoms with Gasteiger partial charge in [-0.25, -0.2) is 0 Å². The zero-order valence-corrected chi connectivity index (χ0v) is 10.1. The molecule has 0 fully saturated rings. The number of amides is 1. The van der Waals surface area contributed by atoms with Crippen molar-refractivity contribution >= 4 is 17.3 Å². The number of hydrogen-bond donors (Lipinski definition) is 2. The monoisotopic (exact) mass is 249 g/mol. The van der Waals surface area contributed by atoms with Crippen molar-refractivity contribution in [1.82, 2.24) is 5.32 Å². The van der Waals surface area contributed by atoms with Crippen LogP contribution in [0.2, 0.25) is 0 Å². The van der Waals surface area contributed by atoms with Crippen molar-refractivity contribution in [3.63, 3.8) is 0 Å². The lowest BCUT2D eigenvalue weighted by atomic mass is 10.1. The zero-order chi connectivity index (χ0) is 13.5. The largest absolute Gasteiger partial charge is 0.379 e. The topological polar surface area (TPSA) is 84.3 Å². The van der Waals surface area contributed by atoms with Gasteiger partial charge in [0.25, 0.3) is 11.6 Å². The molecule has 0 saturated carbocycles. The van der Waals surface area contributed by atoms with E-state index in [0.29, 0.717) is 24.2 Å². The van der Waals surface area contributed by atoms with Crippen LogP contribution in [0.3, 0.4) is 0 Å². The van der Waals surface area contributed by atoms with Gasteiger partial charge in [-0.3, -0.25) is 14.9 Å². The minimum Gasteiger partial charge on any atom is -0.379 e. The van der Waals surface area contributed by atoms with Gasteiger partial charge in [0.15, 0.2) is 0 Å². The summed E-state index contributed by atoms with van der Waals surface area (Å²) in [5.41, 5.74) is 0.666. The molecule has 0 heterocycles. The number of nitro groups is 1. The van der Waals surface area contributed by atoms with Crippen molar-refractivity contribution in [3.8, 4) is 0 Å². The highest BCUT2D eigenvalue weighted by atomic mass is 16.6. The van der Waals surface area contributed by atoms with E-state index in [4.69, 9.17) is 0 Å². The lowest BCUT2D eigenvalue weighted by Gasteiger charge is -2.07. The van der Waals surface area contributed by atoms with Crippen LogP contribution in [0, 0.1) is 10.1 Å². The van der Waals surface area contributed by atoms with E-state index in [1.165, 1.54) is 25.2 Å². The smallest absolute Gasteiger partial charge is 0.292 e. The second-order valence-corrected chi connectivity index (χ2v) is 3.57. The molecule has 0 bridgehead atoms. The molecule has 1 rings (SSSR count). The van der Waals surface area contributed by atoms with Crippen LogP contribution >= 0.6 is 0 Å². The Morgan fingerprint density at radius 3 is 2.83 bits per heavy atom. The van der Waals surface area contributed by atoms with E-state index in [-0.39, 0.29) is 11.6 Å². The highest BCUT2D eigenvalue weighted by molar-refractivity contribution is 5.95. The van der Waals surface area contributed by atoms with E-state index < -0.39 is 4.92 Å². The maximum atomic E-state index is 11.5. The third-order valence-electron chi connectivity index (χ3n) is 2.35. The van der Waals surface area contributed by atoms with Gasteiger partial charge in [-0.05, 0) is 18.6 Å². The van der Waals surface area contributed by atoms with E-state index in [1.54, 1.807) is 6.08 Å². The van der Waals surface area contributed by atoms with Crippen molar-refractivity contribution in [2.45, 2.75) is 6.42 Å². The van der Waals surface area contributed by atoms with E-state index in [1.807, 2.05) is 0 Å². The Morgan fingerprint density at radius 1 is 1.56 bits per heavy atom. The Labute approximate surface area is 105 Å². The molecule has 1 amide bonds. The summed E-state index contributed by atoms with van der Waals surface area (Å²) < 4.78 is 0. The molecule has 0 aliphatic rings. The highest BCUT2D eigenvalue weighted by Crippen LogP contribution is 2.25. The Hall–Kier alpha value is -2.37. The predicted molar refractivity (Wildman–Crippen MR) is 69.8 cm³/mol. The fraction of sp³-hybridized carbons (Fsp3) is 0.250. The Bertz CT molecular complexity index is 472. The molecule has 18 heavy (non-hydrogen) atoms. The average Bonchev–Trinajstić information content (AvgIpc) is 2.37. The highest BCUT2D eigenvalue weighted by Gasteiger charge is 2.15. The van der Waals surface area contributed by atoms with Crippen LogP contribution in [0.5, 0.6) is 0 Å². The van der Waals surface area contributed by atoms with Crippen LogP contribution in [0.4, 0.5) is 11.4 Å². The summed E-state index contributed by atoms with van der Waals surface area (Å²) in [6.45, 7) is 4.10.